The highest BCUT2D eigenvalue weighted by atomic mass is 32.2. The highest BCUT2D eigenvalue weighted by molar-refractivity contribution is 8.05. The van der Waals surface area contributed by atoms with E-state index in [2.05, 4.69) is 164 Å². The van der Waals surface area contributed by atoms with E-state index in [1.807, 2.05) is 23.5 Å². The van der Waals surface area contributed by atoms with Gasteiger partial charge in [0.2, 0.25) is 0 Å². The van der Waals surface area contributed by atoms with Gasteiger partial charge in [0.15, 0.2) is 0 Å². The average molecular weight is 674 g/mol. The van der Waals surface area contributed by atoms with Gasteiger partial charge < -0.3 is 0 Å². The molecule has 0 N–H and O–H groups in total. The Labute approximate surface area is 300 Å². The molecule has 0 amide bonds. The van der Waals surface area contributed by atoms with Crippen molar-refractivity contribution < 1.29 is 0 Å². The van der Waals surface area contributed by atoms with Crippen molar-refractivity contribution in [3.8, 4) is 22.3 Å². The molecule has 2 heterocycles. The number of benzene rings is 8. The zero-order valence-corrected chi connectivity index (χ0v) is 28.9. The molecule has 0 bridgehead atoms. The van der Waals surface area contributed by atoms with Crippen LogP contribution in [-0.2, 0) is 6.42 Å². The number of aryl methyl sites for hydroxylation is 1. The second kappa shape index (κ2) is 12.2. The number of rotatable bonds is 3. The average Bonchev–Trinajstić information content (AvgIpc) is 3.17. The van der Waals surface area contributed by atoms with Crippen molar-refractivity contribution in [1.29, 1.82) is 0 Å². The lowest BCUT2D eigenvalue weighted by molar-refractivity contribution is 1.00. The van der Waals surface area contributed by atoms with Crippen LogP contribution in [0.5, 0.6) is 0 Å². The van der Waals surface area contributed by atoms with Crippen LogP contribution in [0.4, 0.5) is 5.69 Å². The van der Waals surface area contributed by atoms with Gasteiger partial charge in [-0.1, -0.05) is 133 Å². The first-order chi connectivity index (χ1) is 24.8. The highest BCUT2D eigenvalue weighted by Crippen LogP contribution is 2.52. The van der Waals surface area contributed by atoms with Crippen LogP contribution in [0.2, 0.25) is 0 Å². The van der Waals surface area contributed by atoms with Gasteiger partial charge in [-0.3, -0.25) is 4.99 Å². The maximum absolute atomic E-state index is 5.01. The molecule has 0 radical (unpaired) electrons. The summed E-state index contributed by atoms with van der Waals surface area (Å²) in [7, 11) is 0. The maximum atomic E-state index is 5.01. The Bertz CT molecular complexity index is 2680. The molecule has 236 valence electrons. The van der Waals surface area contributed by atoms with Crippen molar-refractivity contribution in [2.45, 2.75) is 32.4 Å². The Morgan fingerprint density at radius 1 is 0.440 bits per heavy atom. The lowest BCUT2D eigenvalue weighted by atomic mass is 9.89. The van der Waals surface area contributed by atoms with Crippen molar-refractivity contribution in [2.24, 2.45) is 4.99 Å². The molecule has 2 aliphatic rings. The van der Waals surface area contributed by atoms with Gasteiger partial charge in [-0.15, -0.1) is 0 Å². The second-order valence-electron chi connectivity index (χ2n) is 13.0. The van der Waals surface area contributed by atoms with E-state index >= 15 is 0 Å². The summed E-state index contributed by atoms with van der Waals surface area (Å²) in [5.74, 6) is 0. The first-order valence-electron chi connectivity index (χ1n) is 17.2. The Morgan fingerprint density at radius 2 is 1.06 bits per heavy atom. The minimum absolute atomic E-state index is 0.969. The fourth-order valence-corrected chi connectivity index (χ4v) is 10.00. The van der Waals surface area contributed by atoms with E-state index in [4.69, 9.17) is 4.99 Å². The number of nitrogens with zero attached hydrogens (tertiary/aromatic N) is 1. The Balaban J connectivity index is 1.18. The molecule has 0 unspecified atom stereocenters. The van der Waals surface area contributed by atoms with Crippen LogP contribution in [-0.4, -0.2) is 6.21 Å². The lowest BCUT2D eigenvalue weighted by Crippen LogP contribution is -1.96. The Hall–Kier alpha value is -5.35. The summed E-state index contributed by atoms with van der Waals surface area (Å²) in [4.78, 5) is 10.3. The highest BCUT2D eigenvalue weighted by Gasteiger charge is 2.21. The summed E-state index contributed by atoms with van der Waals surface area (Å²) in [6.07, 6.45) is 6.39. The third-order valence-corrected chi connectivity index (χ3v) is 12.6. The summed E-state index contributed by atoms with van der Waals surface area (Å²) >= 11 is 3.76. The molecular weight excluding hydrogens is 643 g/mol. The second-order valence-corrected chi connectivity index (χ2v) is 15.2. The summed E-state index contributed by atoms with van der Waals surface area (Å²) in [5.41, 5.74) is 9.63. The van der Waals surface area contributed by atoms with Gasteiger partial charge in [0.05, 0.1) is 5.69 Å². The summed E-state index contributed by atoms with van der Waals surface area (Å²) in [5, 5.41) is 7.76. The van der Waals surface area contributed by atoms with Crippen LogP contribution < -0.4 is 0 Å². The Morgan fingerprint density at radius 3 is 1.86 bits per heavy atom. The molecule has 0 saturated carbocycles. The smallest absolute Gasteiger partial charge is 0.0661 e. The van der Waals surface area contributed by atoms with Crippen molar-refractivity contribution in [1.82, 2.24) is 0 Å². The van der Waals surface area contributed by atoms with Crippen molar-refractivity contribution in [3.05, 3.63) is 169 Å². The Kier molecular flexibility index (Phi) is 7.22. The third-order valence-electron chi connectivity index (χ3n) is 10.0. The van der Waals surface area contributed by atoms with Crippen molar-refractivity contribution in [3.63, 3.8) is 0 Å². The number of hydrogen-bond donors (Lipinski definition) is 0. The number of allylic oxidation sites excluding steroid dienone is 2. The van der Waals surface area contributed by atoms with Crippen LogP contribution in [0.3, 0.4) is 0 Å². The summed E-state index contributed by atoms with van der Waals surface area (Å²) in [6, 6.07) is 55.9. The quantitative estimate of drug-likeness (QED) is 0.173. The van der Waals surface area contributed by atoms with Gasteiger partial charge >= 0.3 is 0 Å². The van der Waals surface area contributed by atoms with E-state index in [0.717, 1.165) is 24.1 Å². The summed E-state index contributed by atoms with van der Waals surface area (Å²) in [6.45, 7) is 0. The van der Waals surface area contributed by atoms with Crippen LogP contribution in [0.25, 0.3) is 60.1 Å². The molecule has 50 heavy (non-hydrogen) atoms. The molecular formula is C47H31NS2. The molecule has 3 heteroatoms. The normalized spacial score (nSPS) is 14.8. The monoisotopic (exact) mass is 673 g/mol. The van der Waals surface area contributed by atoms with Gasteiger partial charge in [-0.2, -0.15) is 0 Å². The molecule has 2 aliphatic heterocycles. The maximum Gasteiger partial charge on any atom is 0.0661 e. The van der Waals surface area contributed by atoms with E-state index < -0.39 is 0 Å². The van der Waals surface area contributed by atoms with E-state index in [1.165, 1.54) is 85.3 Å². The molecule has 0 atom stereocenters. The fourth-order valence-electron chi connectivity index (χ4n) is 7.60. The minimum atomic E-state index is 0.969. The molecule has 0 fully saturated rings. The van der Waals surface area contributed by atoms with E-state index in [9.17, 15) is 0 Å². The van der Waals surface area contributed by atoms with Crippen LogP contribution >= 0.6 is 23.5 Å². The number of hydrogen-bond acceptors (Lipinski definition) is 3. The lowest BCUT2D eigenvalue weighted by Gasteiger charge is -2.22. The molecule has 0 spiro atoms. The van der Waals surface area contributed by atoms with Crippen molar-refractivity contribution >= 4 is 73.3 Å². The SMILES string of the molecule is C1=Nc2ccccc2CC/C=C\1c1cc(-c2ccc3c4ccccc4c4ccccc4c3c2)cc(-c2cccc3c2Sc2ccccc2S3)c1. The molecule has 10 rings (SSSR count). The molecule has 8 aromatic carbocycles. The van der Waals surface area contributed by atoms with Gasteiger partial charge in [0.25, 0.3) is 0 Å². The van der Waals surface area contributed by atoms with Gasteiger partial charge in [0, 0.05) is 25.8 Å². The largest absolute Gasteiger partial charge is 0.256 e. The van der Waals surface area contributed by atoms with E-state index in [1.54, 1.807) is 0 Å². The van der Waals surface area contributed by atoms with Gasteiger partial charge in [-0.25, -0.2) is 0 Å². The molecule has 8 aromatic rings. The predicted molar refractivity (Wildman–Crippen MR) is 215 cm³/mol. The van der Waals surface area contributed by atoms with E-state index in [-0.39, 0.29) is 0 Å². The zero-order chi connectivity index (χ0) is 33.0. The summed E-state index contributed by atoms with van der Waals surface area (Å²) < 4.78 is 0. The molecule has 0 aromatic heterocycles. The van der Waals surface area contributed by atoms with Crippen LogP contribution in [0.15, 0.2) is 182 Å². The minimum Gasteiger partial charge on any atom is -0.256 e. The third kappa shape index (κ3) is 5.08. The van der Waals surface area contributed by atoms with Crippen LogP contribution in [0, 0.1) is 0 Å². The number of fused-ring (bicyclic) bond motifs is 9. The predicted octanol–water partition coefficient (Wildman–Crippen LogP) is 13.8. The first kappa shape index (κ1) is 29.6. The standard InChI is InChI=1S/C47H31NS2/c1-6-19-43-30(11-1)12-9-13-32(29-48-43)34-25-33(26-35(27-34)36-18-10-22-46-47(36)50-45-21-8-7-20-44(45)49-46)31-23-24-41-39-16-3-2-14-37(39)38-15-4-5-17-40(38)42(41)28-31/h1-8,10-11,13-29H,9,12H2/b32-13+,48-29?. The number of para-hydroxylation sites is 1. The molecule has 0 saturated heterocycles. The zero-order valence-electron chi connectivity index (χ0n) is 27.3. The van der Waals surface area contributed by atoms with Crippen LogP contribution in [0.1, 0.15) is 17.5 Å². The number of aliphatic imine (C=N–C) groups is 1. The fraction of sp³-hybridized carbons (Fsp3) is 0.0426. The van der Waals surface area contributed by atoms with Crippen molar-refractivity contribution in [2.75, 3.05) is 0 Å². The van der Waals surface area contributed by atoms with Gasteiger partial charge in [-0.05, 0) is 133 Å². The first-order valence-corrected chi connectivity index (χ1v) is 18.8. The molecule has 0 aliphatic carbocycles. The van der Waals surface area contributed by atoms with E-state index in [0.29, 0.717) is 0 Å². The topological polar surface area (TPSA) is 12.4 Å². The van der Waals surface area contributed by atoms with Gasteiger partial charge in [0.1, 0.15) is 0 Å². The molecule has 1 nitrogen and oxygen atoms in total.